The molecule has 0 bridgehead atoms. The molecule has 2 aromatic rings. The third kappa shape index (κ3) is 6.13. The van der Waals surface area contributed by atoms with Crippen molar-refractivity contribution in [2.24, 2.45) is 0 Å². The number of methoxy groups -OCH3 is 1. The van der Waals surface area contributed by atoms with Crippen molar-refractivity contribution >= 4 is 35.0 Å². The molecule has 6 nitrogen and oxygen atoms in total. The van der Waals surface area contributed by atoms with Crippen molar-refractivity contribution in [3.05, 3.63) is 59.7 Å². The van der Waals surface area contributed by atoms with Crippen molar-refractivity contribution in [2.75, 3.05) is 24.4 Å². The highest BCUT2D eigenvalue weighted by molar-refractivity contribution is 7.98. The van der Waals surface area contributed by atoms with Gasteiger partial charge in [0.2, 0.25) is 5.91 Å². The minimum atomic E-state index is -0.692. The molecule has 0 unspecified atom stereocenters. The largest absolute Gasteiger partial charge is 0.497 e. The maximum absolute atomic E-state index is 12.7. The van der Waals surface area contributed by atoms with Crippen molar-refractivity contribution in [3.63, 3.8) is 0 Å². The molecule has 1 atom stereocenters. The van der Waals surface area contributed by atoms with Crippen LogP contribution in [0.3, 0.4) is 0 Å². The second-order valence-corrected chi connectivity index (χ2v) is 7.15. The molecule has 2 rings (SSSR count). The number of carbonyl (C=O) groups is 3. The molecule has 0 saturated heterocycles. The molecule has 0 aliphatic carbocycles. The number of ketones is 1. The molecule has 0 radical (unpaired) electrons. The Labute approximate surface area is 169 Å². The molecule has 0 fully saturated rings. The van der Waals surface area contributed by atoms with Gasteiger partial charge in [0.15, 0.2) is 5.78 Å². The van der Waals surface area contributed by atoms with E-state index in [4.69, 9.17) is 4.74 Å². The summed E-state index contributed by atoms with van der Waals surface area (Å²) < 4.78 is 5.09. The first-order valence-corrected chi connectivity index (χ1v) is 10.2. The van der Waals surface area contributed by atoms with Gasteiger partial charge in [0.25, 0.3) is 5.91 Å². The van der Waals surface area contributed by atoms with E-state index in [1.54, 1.807) is 67.4 Å². The normalized spacial score (nSPS) is 11.4. The number of amides is 2. The first-order chi connectivity index (χ1) is 13.4. The van der Waals surface area contributed by atoms with Crippen molar-refractivity contribution in [1.29, 1.82) is 0 Å². The maximum atomic E-state index is 12.7. The third-order valence-corrected chi connectivity index (χ3v) is 4.77. The number of ether oxygens (including phenoxy) is 1. The summed E-state index contributed by atoms with van der Waals surface area (Å²) in [4.78, 5) is 36.8. The summed E-state index contributed by atoms with van der Waals surface area (Å²) in [5.41, 5.74) is 1.48. The van der Waals surface area contributed by atoms with Crippen LogP contribution < -0.4 is 15.4 Å². The Morgan fingerprint density at radius 1 is 1.07 bits per heavy atom. The van der Waals surface area contributed by atoms with E-state index in [-0.39, 0.29) is 17.6 Å². The zero-order valence-electron chi connectivity index (χ0n) is 16.2. The number of Topliss-reactive ketones (excluding diaryl/α,β-unsaturated/α-hetero) is 1. The van der Waals surface area contributed by atoms with Crippen LogP contribution in [0.4, 0.5) is 5.69 Å². The Hall–Kier alpha value is -2.80. The average Bonchev–Trinajstić information content (AvgIpc) is 2.71. The van der Waals surface area contributed by atoms with Crippen LogP contribution in [-0.4, -0.2) is 42.8 Å². The van der Waals surface area contributed by atoms with Gasteiger partial charge in [0.1, 0.15) is 11.8 Å². The highest BCUT2D eigenvalue weighted by Gasteiger charge is 2.21. The summed E-state index contributed by atoms with van der Waals surface area (Å²) in [6.45, 7) is 1.47. The van der Waals surface area contributed by atoms with Gasteiger partial charge in [0.05, 0.1) is 7.11 Å². The number of thioether (sulfide) groups is 1. The highest BCUT2D eigenvalue weighted by atomic mass is 32.2. The van der Waals surface area contributed by atoms with Gasteiger partial charge in [-0.3, -0.25) is 14.4 Å². The molecule has 2 aromatic carbocycles. The van der Waals surface area contributed by atoms with Gasteiger partial charge in [-0.15, -0.1) is 0 Å². The van der Waals surface area contributed by atoms with Crippen LogP contribution in [0, 0.1) is 0 Å². The molecule has 0 aliphatic heterocycles. The topological polar surface area (TPSA) is 84.5 Å². The van der Waals surface area contributed by atoms with Crippen LogP contribution in [0.15, 0.2) is 48.5 Å². The molecule has 2 N–H and O–H groups in total. The Balaban J connectivity index is 2.10. The molecule has 0 saturated carbocycles. The number of hydrogen-bond acceptors (Lipinski definition) is 5. The molecule has 2 amide bonds. The number of benzene rings is 2. The predicted octanol–water partition coefficient (Wildman–Crippen LogP) is 3.39. The summed E-state index contributed by atoms with van der Waals surface area (Å²) in [7, 11) is 1.55. The zero-order valence-corrected chi connectivity index (χ0v) is 17.0. The van der Waals surface area contributed by atoms with Crippen molar-refractivity contribution in [1.82, 2.24) is 5.32 Å². The summed E-state index contributed by atoms with van der Waals surface area (Å²) >= 11 is 1.60. The molecular formula is C21H24N2O4S. The first kappa shape index (κ1) is 21.5. The first-order valence-electron chi connectivity index (χ1n) is 8.80. The van der Waals surface area contributed by atoms with E-state index >= 15 is 0 Å². The van der Waals surface area contributed by atoms with Crippen LogP contribution >= 0.6 is 11.8 Å². The fourth-order valence-corrected chi connectivity index (χ4v) is 3.01. The van der Waals surface area contributed by atoms with E-state index in [0.717, 1.165) is 0 Å². The summed E-state index contributed by atoms with van der Waals surface area (Å²) in [5.74, 6) is 0.633. The lowest BCUT2D eigenvalue weighted by Crippen LogP contribution is -2.44. The van der Waals surface area contributed by atoms with Crippen LogP contribution in [0.2, 0.25) is 0 Å². The molecule has 0 spiro atoms. The van der Waals surface area contributed by atoms with Crippen LogP contribution in [0.5, 0.6) is 5.75 Å². The van der Waals surface area contributed by atoms with E-state index in [0.29, 0.717) is 34.7 Å². The molecule has 28 heavy (non-hydrogen) atoms. The average molecular weight is 401 g/mol. The van der Waals surface area contributed by atoms with Gasteiger partial charge in [0, 0.05) is 16.8 Å². The molecule has 0 aromatic heterocycles. The van der Waals surface area contributed by atoms with Crippen molar-refractivity contribution in [3.8, 4) is 5.75 Å². The standard InChI is InChI=1S/C21H24N2O4S/c1-14(24)16-5-4-6-17(13-16)22-21(26)19(11-12-28-3)23-20(25)15-7-9-18(27-2)10-8-15/h4-10,13,19H,11-12H2,1-3H3,(H,22,26)(H,23,25)/t19-/m1/s1. The van der Waals surface area contributed by atoms with Gasteiger partial charge in [-0.2, -0.15) is 11.8 Å². The SMILES string of the molecule is COc1ccc(C(=O)N[C@H](CCSC)C(=O)Nc2cccc(C(C)=O)c2)cc1. The van der Waals surface area contributed by atoms with Gasteiger partial charge in [-0.05, 0) is 61.8 Å². The fraction of sp³-hybridized carbons (Fsp3) is 0.286. The van der Waals surface area contributed by atoms with E-state index in [9.17, 15) is 14.4 Å². The van der Waals surface area contributed by atoms with Gasteiger partial charge in [-0.1, -0.05) is 12.1 Å². The summed E-state index contributed by atoms with van der Waals surface area (Å²) in [6, 6.07) is 12.7. The van der Waals surface area contributed by atoms with Crippen molar-refractivity contribution < 1.29 is 19.1 Å². The summed E-state index contributed by atoms with van der Waals surface area (Å²) in [5, 5.41) is 5.58. The van der Waals surface area contributed by atoms with Crippen LogP contribution in [0.1, 0.15) is 34.1 Å². The van der Waals surface area contributed by atoms with E-state index in [1.165, 1.54) is 6.92 Å². The Morgan fingerprint density at radius 3 is 2.39 bits per heavy atom. The number of hydrogen-bond donors (Lipinski definition) is 2. The second-order valence-electron chi connectivity index (χ2n) is 6.16. The molecule has 148 valence electrons. The quantitative estimate of drug-likeness (QED) is 0.631. The predicted molar refractivity (Wildman–Crippen MR) is 112 cm³/mol. The maximum Gasteiger partial charge on any atom is 0.251 e. The monoisotopic (exact) mass is 400 g/mol. The molecule has 0 heterocycles. The number of rotatable bonds is 9. The Kier molecular flexibility index (Phi) is 8.07. The zero-order chi connectivity index (χ0) is 20.5. The molecule has 0 aliphatic rings. The van der Waals surface area contributed by atoms with E-state index < -0.39 is 6.04 Å². The molecule has 7 heteroatoms. The second kappa shape index (κ2) is 10.5. The Bertz CT molecular complexity index is 837. The Morgan fingerprint density at radius 2 is 1.79 bits per heavy atom. The van der Waals surface area contributed by atoms with Crippen LogP contribution in [0.25, 0.3) is 0 Å². The number of nitrogens with one attached hydrogen (secondary N) is 2. The van der Waals surface area contributed by atoms with Gasteiger partial charge in [-0.25, -0.2) is 0 Å². The minimum Gasteiger partial charge on any atom is -0.497 e. The number of carbonyl (C=O) groups excluding carboxylic acids is 3. The minimum absolute atomic E-state index is 0.0807. The van der Waals surface area contributed by atoms with E-state index in [1.807, 2.05) is 6.26 Å². The van der Waals surface area contributed by atoms with Crippen LogP contribution in [-0.2, 0) is 4.79 Å². The third-order valence-electron chi connectivity index (χ3n) is 4.12. The smallest absolute Gasteiger partial charge is 0.251 e. The highest BCUT2D eigenvalue weighted by Crippen LogP contribution is 2.14. The van der Waals surface area contributed by atoms with Gasteiger partial charge < -0.3 is 15.4 Å². The lowest BCUT2D eigenvalue weighted by atomic mass is 10.1. The summed E-state index contributed by atoms with van der Waals surface area (Å²) in [6.07, 6.45) is 2.43. The van der Waals surface area contributed by atoms with Gasteiger partial charge >= 0.3 is 0 Å². The lowest BCUT2D eigenvalue weighted by Gasteiger charge is -2.18. The van der Waals surface area contributed by atoms with Crippen molar-refractivity contribution in [2.45, 2.75) is 19.4 Å². The number of anilines is 1. The lowest BCUT2D eigenvalue weighted by molar-refractivity contribution is -0.118. The van der Waals surface area contributed by atoms with E-state index in [2.05, 4.69) is 10.6 Å². The fourth-order valence-electron chi connectivity index (χ4n) is 2.53. The molecular weight excluding hydrogens is 376 g/mol.